The Balaban J connectivity index is 1.46. The Labute approximate surface area is 129 Å². The molecule has 1 saturated carbocycles. The van der Waals surface area contributed by atoms with Crippen LogP contribution in [0.4, 0.5) is 4.79 Å². The molecule has 108 valence electrons. The monoisotopic (exact) mass is 300 g/mol. The van der Waals surface area contributed by atoms with Gasteiger partial charge in [0.15, 0.2) is 0 Å². The van der Waals surface area contributed by atoms with Crippen LogP contribution < -0.4 is 10.6 Å². The molecule has 2 unspecified atom stereocenters. The Morgan fingerprint density at radius 1 is 1.14 bits per heavy atom. The van der Waals surface area contributed by atoms with Crippen molar-refractivity contribution in [2.24, 2.45) is 0 Å². The fourth-order valence-electron chi connectivity index (χ4n) is 2.47. The van der Waals surface area contributed by atoms with E-state index in [1.54, 1.807) is 0 Å². The highest BCUT2D eigenvalue weighted by molar-refractivity contribution is 6.30. The van der Waals surface area contributed by atoms with Gasteiger partial charge in [0.2, 0.25) is 0 Å². The maximum absolute atomic E-state index is 11.9. The lowest BCUT2D eigenvalue weighted by atomic mass is 10.1. The van der Waals surface area contributed by atoms with Crippen molar-refractivity contribution in [3.8, 4) is 0 Å². The highest BCUT2D eigenvalue weighted by atomic mass is 35.5. The molecule has 0 radical (unpaired) electrons. The van der Waals surface area contributed by atoms with Gasteiger partial charge in [-0.1, -0.05) is 54.1 Å². The van der Waals surface area contributed by atoms with Crippen LogP contribution in [0, 0.1) is 0 Å². The van der Waals surface area contributed by atoms with Crippen LogP contribution in [0.25, 0.3) is 0 Å². The van der Waals surface area contributed by atoms with Gasteiger partial charge in [0, 0.05) is 23.5 Å². The molecule has 2 aromatic rings. The summed E-state index contributed by atoms with van der Waals surface area (Å²) < 4.78 is 0. The fourth-order valence-corrected chi connectivity index (χ4v) is 2.68. The zero-order chi connectivity index (χ0) is 14.7. The molecule has 1 aliphatic rings. The van der Waals surface area contributed by atoms with Crippen molar-refractivity contribution >= 4 is 17.6 Å². The summed E-state index contributed by atoms with van der Waals surface area (Å²) >= 11 is 5.91. The van der Waals surface area contributed by atoms with Gasteiger partial charge in [0.05, 0.1) is 0 Å². The second-order valence-corrected chi connectivity index (χ2v) is 5.75. The average Bonchev–Trinajstić information content (AvgIpc) is 3.25. The summed E-state index contributed by atoms with van der Waals surface area (Å²) in [6, 6.07) is 17.9. The molecule has 0 aromatic heterocycles. The predicted molar refractivity (Wildman–Crippen MR) is 84.4 cm³/mol. The third kappa shape index (κ3) is 3.76. The van der Waals surface area contributed by atoms with E-state index in [0.29, 0.717) is 17.5 Å². The van der Waals surface area contributed by atoms with E-state index in [0.717, 1.165) is 12.0 Å². The van der Waals surface area contributed by atoms with Gasteiger partial charge in [-0.25, -0.2) is 4.79 Å². The van der Waals surface area contributed by atoms with Crippen molar-refractivity contribution in [1.29, 1.82) is 0 Å². The molecule has 0 spiro atoms. The number of urea groups is 1. The van der Waals surface area contributed by atoms with Crippen LogP contribution in [0.5, 0.6) is 0 Å². The molecule has 4 heteroatoms. The Morgan fingerprint density at radius 3 is 2.71 bits per heavy atom. The smallest absolute Gasteiger partial charge is 0.315 e. The Bertz CT molecular complexity index is 630. The van der Waals surface area contributed by atoms with E-state index >= 15 is 0 Å². The van der Waals surface area contributed by atoms with Crippen molar-refractivity contribution in [1.82, 2.24) is 10.6 Å². The summed E-state index contributed by atoms with van der Waals surface area (Å²) in [4.78, 5) is 11.9. The third-order valence-corrected chi connectivity index (χ3v) is 3.91. The highest BCUT2D eigenvalue weighted by Gasteiger charge is 2.39. The predicted octanol–water partition coefficient (Wildman–Crippen LogP) is 3.70. The molecule has 1 aliphatic carbocycles. The Morgan fingerprint density at radius 2 is 1.95 bits per heavy atom. The minimum atomic E-state index is -0.126. The van der Waals surface area contributed by atoms with E-state index in [4.69, 9.17) is 11.6 Å². The number of nitrogens with one attached hydrogen (secondary N) is 2. The summed E-state index contributed by atoms with van der Waals surface area (Å²) in [6.07, 6.45) is 1.01. The molecule has 2 aromatic carbocycles. The van der Waals surface area contributed by atoms with E-state index in [1.807, 2.05) is 42.5 Å². The minimum Gasteiger partial charge on any atom is -0.335 e. The highest BCUT2D eigenvalue weighted by Crippen LogP contribution is 2.40. The molecule has 2 N–H and O–H groups in total. The largest absolute Gasteiger partial charge is 0.335 e. The van der Waals surface area contributed by atoms with Crippen LogP contribution in [0.3, 0.4) is 0 Å². The standard InChI is InChI=1S/C17H17ClN2O/c18-14-8-4-5-12(9-14)11-19-17(21)20-16-10-15(16)13-6-2-1-3-7-13/h1-9,15-16H,10-11H2,(H2,19,20,21). The maximum atomic E-state index is 11.9. The molecular weight excluding hydrogens is 284 g/mol. The normalized spacial score (nSPS) is 19.9. The molecule has 2 atom stereocenters. The first-order chi connectivity index (χ1) is 10.2. The van der Waals surface area contributed by atoms with Crippen LogP contribution in [0.15, 0.2) is 54.6 Å². The van der Waals surface area contributed by atoms with Crippen LogP contribution in [-0.4, -0.2) is 12.1 Å². The molecule has 0 aliphatic heterocycles. The molecule has 2 amide bonds. The Hall–Kier alpha value is -2.00. The zero-order valence-electron chi connectivity index (χ0n) is 11.6. The number of halogens is 1. The fraction of sp³-hybridized carbons (Fsp3) is 0.235. The van der Waals surface area contributed by atoms with Crippen molar-refractivity contribution in [2.45, 2.75) is 24.9 Å². The van der Waals surface area contributed by atoms with Crippen molar-refractivity contribution in [3.05, 3.63) is 70.7 Å². The van der Waals surface area contributed by atoms with Gasteiger partial charge in [-0.2, -0.15) is 0 Å². The van der Waals surface area contributed by atoms with Gasteiger partial charge in [-0.15, -0.1) is 0 Å². The van der Waals surface area contributed by atoms with Gasteiger partial charge in [0.1, 0.15) is 0 Å². The van der Waals surface area contributed by atoms with Gasteiger partial charge >= 0.3 is 6.03 Å². The van der Waals surface area contributed by atoms with Crippen LogP contribution >= 0.6 is 11.6 Å². The van der Waals surface area contributed by atoms with E-state index in [1.165, 1.54) is 5.56 Å². The molecule has 0 heterocycles. The van der Waals surface area contributed by atoms with E-state index < -0.39 is 0 Å². The SMILES string of the molecule is O=C(NCc1cccc(Cl)c1)NC1CC1c1ccccc1. The van der Waals surface area contributed by atoms with Crippen molar-refractivity contribution in [2.75, 3.05) is 0 Å². The lowest BCUT2D eigenvalue weighted by Gasteiger charge is -2.08. The molecule has 1 fully saturated rings. The van der Waals surface area contributed by atoms with Crippen LogP contribution in [0.1, 0.15) is 23.5 Å². The number of rotatable bonds is 4. The molecule has 3 nitrogen and oxygen atoms in total. The number of hydrogen-bond donors (Lipinski definition) is 2. The van der Waals surface area contributed by atoms with Crippen molar-refractivity contribution in [3.63, 3.8) is 0 Å². The summed E-state index contributed by atoms with van der Waals surface area (Å²) in [5.41, 5.74) is 2.28. The van der Waals surface area contributed by atoms with E-state index in [9.17, 15) is 4.79 Å². The quantitative estimate of drug-likeness (QED) is 0.888. The second-order valence-electron chi connectivity index (χ2n) is 5.32. The number of carbonyl (C=O) groups is 1. The molecule has 0 saturated heterocycles. The molecular formula is C17H17ClN2O. The lowest BCUT2D eigenvalue weighted by molar-refractivity contribution is 0.240. The number of carbonyl (C=O) groups excluding carboxylic acids is 1. The van der Waals surface area contributed by atoms with Gasteiger partial charge in [-0.3, -0.25) is 0 Å². The summed E-state index contributed by atoms with van der Waals surface area (Å²) in [7, 11) is 0. The zero-order valence-corrected chi connectivity index (χ0v) is 12.3. The molecule has 3 rings (SSSR count). The summed E-state index contributed by atoms with van der Waals surface area (Å²) in [6.45, 7) is 0.481. The molecule has 21 heavy (non-hydrogen) atoms. The second kappa shape index (κ2) is 6.19. The topological polar surface area (TPSA) is 41.1 Å². The Kier molecular flexibility index (Phi) is 4.11. The van der Waals surface area contributed by atoms with Crippen LogP contribution in [-0.2, 0) is 6.54 Å². The first-order valence-corrected chi connectivity index (χ1v) is 7.44. The van der Waals surface area contributed by atoms with Gasteiger partial charge < -0.3 is 10.6 Å². The summed E-state index contributed by atoms with van der Waals surface area (Å²) in [5.74, 6) is 0.447. The minimum absolute atomic E-state index is 0.126. The van der Waals surface area contributed by atoms with Crippen LogP contribution in [0.2, 0.25) is 5.02 Å². The number of benzene rings is 2. The average molecular weight is 301 g/mol. The van der Waals surface area contributed by atoms with Gasteiger partial charge in [-0.05, 0) is 29.7 Å². The molecule has 0 bridgehead atoms. The first-order valence-electron chi connectivity index (χ1n) is 7.06. The maximum Gasteiger partial charge on any atom is 0.315 e. The van der Waals surface area contributed by atoms with Crippen molar-refractivity contribution < 1.29 is 4.79 Å². The third-order valence-electron chi connectivity index (χ3n) is 3.68. The van der Waals surface area contributed by atoms with Gasteiger partial charge in [0.25, 0.3) is 0 Å². The number of amides is 2. The lowest BCUT2D eigenvalue weighted by Crippen LogP contribution is -2.36. The summed E-state index contributed by atoms with van der Waals surface area (Å²) in [5, 5.41) is 6.55. The number of hydrogen-bond acceptors (Lipinski definition) is 1. The first kappa shape index (κ1) is 14.0. The van der Waals surface area contributed by atoms with E-state index in [-0.39, 0.29) is 12.1 Å². The van der Waals surface area contributed by atoms with E-state index in [2.05, 4.69) is 22.8 Å².